The van der Waals surface area contributed by atoms with Gasteiger partial charge in [0.05, 0.1) is 10.2 Å². The van der Waals surface area contributed by atoms with E-state index in [1.54, 1.807) is 12.4 Å². The van der Waals surface area contributed by atoms with Crippen LogP contribution in [0.15, 0.2) is 47.5 Å². The molecule has 0 amide bonds. The molecule has 2 saturated heterocycles. The van der Waals surface area contributed by atoms with Gasteiger partial charge in [-0.3, -0.25) is 9.78 Å². The van der Waals surface area contributed by atoms with Crippen LogP contribution in [0.1, 0.15) is 12.8 Å². The van der Waals surface area contributed by atoms with Crippen LogP contribution in [-0.4, -0.2) is 70.2 Å². The lowest BCUT2D eigenvalue weighted by Crippen LogP contribution is -2.48. The highest BCUT2D eigenvalue weighted by Crippen LogP contribution is 2.32. The first kappa shape index (κ1) is 21.9. The minimum Gasteiger partial charge on any atom is -0.365 e. The lowest BCUT2D eigenvalue weighted by Gasteiger charge is -2.35. The van der Waals surface area contributed by atoms with Crippen LogP contribution >= 0.6 is 11.3 Å². The van der Waals surface area contributed by atoms with Crippen LogP contribution in [0.25, 0.3) is 20.8 Å². The molecular weight excluding hydrogens is 462 g/mol. The molecule has 5 heterocycles. The topological polar surface area (TPSA) is 115 Å². The molecular formula is C24H27N9OS. The summed E-state index contributed by atoms with van der Waals surface area (Å²) in [6.07, 6.45) is 5.64. The number of rotatable bonds is 5. The molecule has 35 heavy (non-hydrogen) atoms. The van der Waals surface area contributed by atoms with Gasteiger partial charge in [0.15, 0.2) is 0 Å². The summed E-state index contributed by atoms with van der Waals surface area (Å²) in [5, 5.41) is 7.68. The Hall–Kier alpha value is -3.57. The molecule has 0 aliphatic carbocycles. The number of nitrogens with one attached hydrogen (secondary N) is 3. The van der Waals surface area contributed by atoms with Gasteiger partial charge in [0.2, 0.25) is 11.9 Å². The summed E-state index contributed by atoms with van der Waals surface area (Å²) >= 11 is 1.52. The van der Waals surface area contributed by atoms with Gasteiger partial charge in [-0.25, -0.2) is 15.0 Å². The molecule has 1 atom stereocenters. The van der Waals surface area contributed by atoms with Crippen LogP contribution in [0.3, 0.4) is 0 Å². The number of benzene rings is 1. The van der Waals surface area contributed by atoms with Gasteiger partial charge in [-0.05, 0) is 37.6 Å². The monoisotopic (exact) mass is 489 g/mol. The summed E-state index contributed by atoms with van der Waals surface area (Å²) in [4.78, 5) is 39.2. The van der Waals surface area contributed by atoms with Crippen molar-refractivity contribution >= 4 is 39.3 Å². The Bertz CT molecular complexity index is 1330. The number of H-pyrrole nitrogens is 1. The SMILES string of the molecule is O=c1[nH]c(N2CCN(c3ncccn3)CC2)nc(N[C@@H]2CCCNC2)c1-c1nc2ccccc2s1. The lowest BCUT2D eigenvalue weighted by atomic mass is 10.1. The average Bonchev–Trinajstić information content (AvgIpc) is 3.33. The van der Waals surface area contributed by atoms with Gasteiger partial charge in [0.1, 0.15) is 16.4 Å². The van der Waals surface area contributed by atoms with Gasteiger partial charge in [0, 0.05) is 51.2 Å². The molecule has 0 saturated carbocycles. The molecule has 3 aromatic heterocycles. The van der Waals surface area contributed by atoms with Gasteiger partial charge in [0.25, 0.3) is 5.56 Å². The fourth-order valence-electron chi connectivity index (χ4n) is 4.63. The van der Waals surface area contributed by atoms with Crippen molar-refractivity contribution in [1.82, 2.24) is 30.2 Å². The number of aromatic nitrogens is 5. The average molecular weight is 490 g/mol. The molecule has 1 aromatic carbocycles. The zero-order valence-electron chi connectivity index (χ0n) is 19.3. The molecule has 2 fully saturated rings. The summed E-state index contributed by atoms with van der Waals surface area (Å²) in [7, 11) is 0. The molecule has 2 aliphatic rings. The standard InChI is InChI=1S/C24H27N9OS/c34-21-19(22-29-17-6-1-2-7-18(17)35-22)20(28-16-5-3-8-25-15-16)30-24(31-21)33-13-11-32(12-14-33)23-26-9-4-10-27-23/h1-2,4,6-7,9-10,16,25H,3,5,8,11-15H2,(H2,28,30,31,34)/t16-/m1/s1. The Balaban J connectivity index is 1.32. The van der Waals surface area contributed by atoms with Gasteiger partial charge in [-0.2, -0.15) is 4.98 Å². The second-order valence-corrected chi connectivity index (χ2v) is 9.84. The van der Waals surface area contributed by atoms with Gasteiger partial charge < -0.3 is 20.4 Å². The number of fused-ring (bicyclic) bond motifs is 1. The van der Waals surface area contributed by atoms with E-state index in [0.29, 0.717) is 35.4 Å². The number of hydrogen-bond donors (Lipinski definition) is 3. The number of para-hydroxylation sites is 1. The fourth-order valence-corrected chi connectivity index (χ4v) is 5.64. The fraction of sp³-hybridized carbons (Fsp3) is 0.375. The molecule has 4 aromatic rings. The summed E-state index contributed by atoms with van der Waals surface area (Å²) in [5.41, 5.74) is 1.23. The number of piperidine rings is 1. The summed E-state index contributed by atoms with van der Waals surface area (Å²) in [6.45, 7) is 4.80. The summed E-state index contributed by atoms with van der Waals surface area (Å²) in [5.74, 6) is 1.91. The Morgan fingerprint density at radius 3 is 2.57 bits per heavy atom. The van der Waals surface area contributed by atoms with Gasteiger partial charge in [-0.15, -0.1) is 11.3 Å². The number of piperazine rings is 1. The zero-order valence-corrected chi connectivity index (χ0v) is 20.1. The van der Waals surface area contributed by atoms with E-state index in [1.165, 1.54) is 11.3 Å². The minimum atomic E-state index is -0.172. The Morgan fingerprint density at radius 1 is 1.00 bits per heavy atom. The van der Waals surface area contributed by atoms with E-state index in [1.807, 2.05) is 30.3 Å². The van der Waals surface area contributed by atoms with E-state index in [-0.39, 0.29) is 11.6 Å². The molecule has 11 heteroatoms. The smallest absolute Gasteiger partial charge is 0.264 e. The number of anilines is 3. The maximum Gasteiger partial charge on any atom is 0.264 e. The molecule has 10 nitrogen and oxygen atoms in total. The Kier molecular flexibility index (Phi) is 6.01. The molecule has 6 rings (SSSR count). The molecule has 0 bridgehead atoms. The predicted octanol–water partition coefficient (Wildman–Crippen LogP) is 2.33. The third-order valence-corrected chi connectivity index (χ3v) is 7.52. The van der Waals surface area contributed by atoms with E-state index in [4.69, 9.17) is 9.97 Å². The quantitative estimate of drug-likeness (QED) is 0.388. The third kappa shape index (κ3) is 4.56. The first-order valence-corrected chi connectivity index (χ1v) is 12.8. The zero-order chi connectivity index (χ0) is 23.6. The van der Waals surface area contributed by atoms with Gasteiger partial charge >= 0.3 is 0 Å². The van der Waals surface area contributed by atoms with Crippen molar-refractivity contribution in [3.05, 3.63) is 53.1 Å². The third-order valence-electron chi connectivity index (χ3n) is 6.47. The van der Waals surface area contributed by atoms with Crippen molar-refractivity contribution in [2.24, 2.45) is 0 Å². The lowest BCUT2D eigenvalue weighted by molar-refractivity contribution is 0.479. The highest BCUT2D eigenvalue weighted by Gasteiger charge is 2.25. The van der Waals surface area contributed by atoms with Crippen molar-refractivity contribution in [1.29, 1.82) is 0 Å². The normalized spacial score (nSPS) is 18.7. The molecule has 2 aliphatic heterocycles. The Labute approximate surface area is 206 Å². The van der Waals surface area contributed by atoms with E-state index >= 15 is 0 Å². The highest BCUT2D eigenvalue weighted by molar-refractivity contribution is 7.21. The van der Waals surface area contributed by atoms with Crippen LogP contribution < -0.4 is 26.0 Å². The highest BCUT2D eigenvalue weighted by atomic mass is 32.1. The van der Waals surface area contributed by atoms with Crippen LogP contribution in [0, 0.1) is 0 Å². The molecule has 0 spiro atoms. The van der Waals surface area contributed by atoms with E-state index in [9.17, 15) is 4.79 Å². The van der Waals surface area contributed by atoms with Gasteiger partial charge in [-0.1, -0.05) is 12.1 Å². The van der Waals surface area contributed by atoms with Crippen molar-refractivity contribution in [3.8, 4) is 10.6 Å². The number of aromatic amines is 1. The summed E-state index contributed by atoms with van der Waals surface area (Å²) < 4.78 is 1.05. The van der Waals surface area contributed by atoms with Crippen molar-refractivity contribution < 1.29 is 0 Å². The Morgan fingerprint density at radius 2 is 1.80 bits per heavy atom. The first-order chi connectivity index (χ1) is 17.2. The molecule has 180 valence electrons. The molecule has 0 unspecified atom stereocenters. The predicted molar refractivity (Wildman–Crippen MR) is 139 cm³/mol. The van der Waals surface area contributed by atoms with Crippen LogP contribution in [0.2, 0.25) is 0 Å². The number of thiazole rings is 1. The van der Waals surface area contributed by atoms with Crippen LogP contribution in [0.5, 0.6) is 0 Å². The van der Waals surface area contributed by atoms with E-state index in [2.05, 4.69) is 35.4 Å². The van der Waals surface area contributed by atoms with E-state index < -0.39 is 0 Å². The van der Waals surface area contributed by atoms with Crippen molar-refractivity contribution in [3.63, 3.8) is 0 Å². The maximum absolute atomic E-state index is 13.5. The minimum absolute atomic E-state index is 0.172. The van der Waals surface area contributed by atoms with Crippen LogP contribution in [0.4, 0.5) is 17.7 Å². The largest absolute Gasteiger partial charge is 0.365 e. The van der Waals surface area contributed by atoms with E-state index in [0.717, 1.165) is 55.2 Å². The van der Waals surface area contributed by atoms with Crippen molar-refractivity contribution in [2.75, 3.05) is 54.4 Å². The molecule has 3 N–H and O–H groups in total. The second kappa shape index (κ2) is 9.59. The number of hydrogen-bond acceptors (Lipinski definition) is 10. The summed E-state index contributed by atoms with van der Waals surface area (Å²) in [6, 6.07) is 9.98. The van der Waals surface area contributed by atoms with Crippen LogP contribution in [-0.2, 0) is 0 Å². The molecule has 0 radical (unpaired) electrons. The number of nitrogens with zero attached hydrogens (tertiary/aromatic N) is 6. The first-order valence-electron chi connectivity index (χ1n) is 12.0. The second-order valence-electron chi connectivity index (χ2n) is 8.81. The maximum atomic E-state index is 13.5. The van der Waals surface area contributed by atoms with Crippen molar-refractivity contribution in [2.45, 2.75) is 18.9 Å².